The van der Waals surface area contributed by atoms with Crippen LogP contribution >= 0.6 is 0 Å². The number of nitrogens with zero attached hydrogens (tertiary/aromatic N) is 4. The second-order valence-electron chi connectivity index (χ2n) is 7.96. The highest BCUT2D eigenvalue weighted by Crippen LogP contribution is 2.30. The topological polar surface area (TPSA) is 105 Å². The zero-order valence-electron chi connectivity index (χ0n) is 17.0. The van der Waals surface area contributed by atoms with Gasteiger partial charge in [0.15, 0.2) is 0 Å². The highest BCUT2D eigenvalue weighted by atomic mass is 16.6. The number of rotatable bonds is 7. The van der Waals surface area contributed by atoms with Gasteiger partial charge in [-0.1, -0.05) is 0 Å². The molecule has 1 aromatic carbocycles. The van der Waals surface area contributed by atoms with Gasteiger partial charge in [0.2, 0.25) is 0 Å². The van der Waals surface area contributed by atoms with Crippen LogP contribution in [0.1, 0.15) is 47.7 Å². The molecule has 0 spiro atoms. The van der Waals surface area contributed by atoms with Crippen LogP contribution in [0.15, 0.2) is 30.5 Å². The number of piperidine rings is 1. The molecule has 0 aliphatic carbocycles. The molecule has 2 saturated heterocycles. The predicted molar refractivity (Wildman–Crippen MR) is 113 cm³/mol. The Kier molecular flexibility index (Phi) is 6.39. The maximum atomic E-state index is 13.0. The van der Waals surface area contributed by atoms with Gasteiger partial charge in [-0.3, -0.25) is 14.9 Å². The Hall–Kier alpha value is -2.78. The summed E-state index contributed by atoms with van der Waals surface area (Å²) in [5.41, 5.74) is 2.25. The fourth-order valence-electron chi connectivity index (χ4n) is 4.37. The van der Waals surface area contributed by atoms with Crippen LogP contribution in [0.4, 0.5) is 5.69 Å². The van der Waals surface area contributed by atoms with E-state index in [1.807, 2.05) is 0 Å². The zero-order valence-corrected chi connectivity index (χ0v) is 17.0. The smallest absolute Gasteiger partial charge is 0.269 e. The SMILES string of the molecule is O=C(NCCN1CCCC1)c1cnn(-c2ccc([N+](=O)[O-])cc2)c1C1CCNCC1. The Morgan fingerprint density at radius 3 is 2.57 bits per heavy atom. The Balaban J connectivity index is 1.56. The average Bonchev–Trinajstić information content (AvgIpc) is 3.44. The van der Waals surface area contributed by atoms with Gasteiger partial charge in [0.25, 0.3) is 11.6 Å². The quantitative estimate of drug-likeness (QED) is 0.533. The van der Waals surface area contributed by atoms with Crippen molar-refractivity contribution < 1.29 is 9.72 Å². The van der Waals surface area contributed by atoms with Crippen molar-refractivity contribution in [3.63, 3.8) is 0 Å². The molecule has 0 unspecified atom stereocenters. The molecule has 2 aliphatic rings. The molecule has 30 heavy (non-hydrogen) atoms. The first-order valence-corrected chi connectivity index (χ1v) is 10.7. The molecule has 2 fully saturated rings. The highest BCUT2D eigenvalue weighted by molar-refractivity contribution is 5.95. The average molecular weight is 412 g/mol. The van der Waals surface area contributed by atoms with E-state index in [0.717, 1.165) is 56.9 Å². The number of hydrogen-bond acceptors (Lipinski definition) is 6. The lowest BCUT2D eigenvalue weighted by Crippen LogP contribution is -2.34. The number of nitro benzene ring substituents is 1. The van der Waals surface area contributed by atoms with E-state index >= 15 is 0 Å². The fourth-order valence-corrected chi connectivity index (χ4v) is 4.37. The summed E-state index contributed by atoms with van der Waals surface area (Å²) in [6, 6.07) is 6.31. The number of nitro groups is 1. The van der Waals surface area contributed by atoms with Crippen molar-refractivity contribution in [1.29, 1.82) is 0 Å². The summed E-state index contributed by atoms with van der Waals surface area (Å²) in [5, 5.41) is 21.9. The second-order valence-corrected chi connectivity index (χ2v) is 7.96. The second kappa shape index (κ2) is 9.36. The molecule has 9 nitrogen and oxygen atoms in total. The number of non-ortho nitro benzene ring substituents is 1. The standard InChI is InChI=1S/C21H28N6O3/c28-21(23-11-14-25-12-1-2-13-25)19-15-24-26(20(19)16-7-9-22-10-8-16)17-3-5-18(6-4-17)27(29)30/h3-6,15-16,22H,1-2,7-14H2,(H,23,28). The van der Waals surface area contributed by atoms with Crippen LogP contribution in [0.3, 0.4) is 0 Å². The first-order valence-electron chi connectivity index (χ1n) is 10.7. The van der Waals surface area contributed by atoms with Crippen LogP contribution in [-0.2, 0) is 0 Å². The number of amides is 1. The van der Waals surface area contributed by atoms with Crippen molar-refractivity contribution in [3.8, 4) is 5.69 Å². The van der Waals surface area contributed by atoms with Crippen LogP contribution in [0, 0.1) is 10.1 Å². The summed E-state index contributed by atoms with van der Waals surface area (Å²) >= 11 is 0. The van der Waals surface area contributed by atoms with E-state index in [1.165, 1.54) is 25.0 Å². The third-order valence-corrected chi connectivity index (χ3v) is 5.99. The predicted octanol–water partition coefficient (Wildman–Crippen LogP) is 2.07. The molecule has 9 heteroatoms. The fraction of sp³-hybridized carbons (Fsp3) is 0.524. The molecule has 1 amide bonds. The maximum Gasteiger partial charge on any atom is 0.269 e. The first-order chi connectivity index (χ1) is 14.6. The van der Waals surface area contributed by atoms with Crippen molar-refractivity contribution in [1.82, 2.24) is 25.3 Å². The molecule has 0 atom stereocenters. The highest BCUT2D eigenvalue weighted by Gasteiger charge is 2.27. The van der Waals surface area contributed by atoms with Gasteiger partial charge >= 0.3 is 0 Å². The first kappa shape index (κ1) is 20.5. The Morgan fingerprint density at radius 2 is 1.90 bits per heavy atom. The molecule has 2 N–H and O–H groups in total. The summed E-state index contributed by atoms with van der Waals surface area (Å²) in [4.78, 5) is 25.9. The van der Waals surface area contributed by atoms with E-state index in [-0.39, 0.29) is 17.5 Å². The molecule has 3 heterocycles. The molecule has 4 rings (SSSR count). The minimum atomic E-state index is -0.417. The van der Waals surface area contributed by atoms with Gasteiger partial charge < -0.3 is 15.5 Å². The van der Waals surface area contributed by atoms with Crippen LogP contribution in [-0.4, -0.2) is 64.8 Å². The van der Waals surface area contributed by atoms with Crippen molar-refractivity contribution in [2.24, 2.45) is 0 Å². The Labute approximate surface area is 175 Å². The van der Waals surface area contributed by atoms with E-state index < -0.39 is 4.92 Å². The lowest BCUT2D eigenvalue weighted by molar-refractivity contribution is -0.384. The molecule has 0 radical (unpaired) electrons. The van der Waals surface area contributed by atoms with Gasteiger partial charge in [-0.05, 0) is 64.0 Å². The van der Waals surface area contributed by atoms with Gasteiger partial charge in [0.1, 0.15) is 0 Å². The lowest BCUT2D eigenvalue weighted by atomic mass is 9.91. The number of likely N-dealkylation sites (tertiary alicyclic amines) is 1. The third-order valence-electron chi connectivity index (χ3n) is 5.99. The summed E-state index contributed by atoms with van der Waals surface area (Å²) in [5.74, 6) is 0.110. The van der Waals surface area contributed by atoms with Crippen molar-refractivity contribution in [2.75, 3.05) is 39.3 Å². The Morgan fingerprint density at radius 1 is 1.20 bits per heavy atom. The number of hydrogen-bond donors (Lipinski definition) is 2. The van der Waals surface area contributed by atoms with Crippen LogP contribution in [0.25, 0.3) is 5.69 Å². The molecule has 1 aromatic heterocycles. The molecule has 0 bridgehead atoms. The van der Waals surface area contributed by atoms with Crippen LogP contribution < -0.4 is 10.6 Å². The van der Waals surface area contributed by atoms with E-state index in [1.54, 1.807) is 23.0 Å². The summed E-state index contributed by atoms with van der Waals surface area (Å²) < 4.78 is 1.77. The lowest BCUT2D eigenvalue weighted by Gasteiger charge is -2.24. The van der Waals surface area contributed by atoms with Gasteiger partial charge in [0.05, 0.1) is 28.1 Å². The van der Waals surface area contributed by atoms with E-state index in [0.29, 0.717) is 12.1 Å². The normalized spacial score (nSPS) is 17.9. The van der Waals surface area contributed by atoms with Crippen molar-refractivity contribution in [2.45, 2.75) is 31.6 Å². The molecule has 2 aromatic rings. The maximum absolute atomic E-state index is 13.0. The minimum Gasteiger partial charge on any atom is -0.351 e. The number of aromatic nitrogens is 2. The van der Waals surface area contributed by atoms with Crippen LogP contribution in [0.2, 0.25) is 0 Å². The van der Waals surface area contributed by atoms with E-state index in [2.05, 4.69) is 20.6 Å². The number of carbonyl (C=O) groups excluding carboxylic acids is 1. The minimum absolute atomic E-state index is 0.0363. The van der Waals surface area contributed by atoms with Gasteiger partial charge in [-0.25, -0.2) is 4.68 Å². The Bertz CT molecular complexity index is 883. The van der Waals surface area contributed by atoms with Crippen LogP contribution in [0.5, 0.6) is 0 Å². The molecule has 2 aliphatic heterocycles. The molecular formula is C21H28N6O3. The van der Waals surface area contributed by atoms with E-state index in [9.17, 15) is 14.9 Å². The largest absolute Gasteiger partial charge is 0.351 e. The number of nitrogens with one attached hydrogen (secondary N) is 2. The monoisotopic (exact) mass is 412 g/mol. The summed E-state index contributed by atoms with van der Waals surface area (Å²) in [6.45, 7) is 5.49. The molecule has 160 valence electrons. The summed E-state index contributed by atoms with van der Waals surface area (Å²) in [6.07, 6.45) is 5.94. The molecule has 0 saturated carbocycles. The molecular weight excluding hydrogens is 384 g/mol. The van der Waals surface area contributed by atoms with Gasteiger partial charge in [0, 0.05) is 31.1 Å². The van der Waals surface area contributed by atoms with E-state index in [4.69, 9.17) is 0 Å². The zero-order chi connectivity index (χ0) is 20.9. The van der Waals surface area contributed by atoms with Gasteiger partial charge in [-0.15, -0.1) is 0 Å². The number of carbonyl (C=O) groups is 1. The van der Waals surface area contributed by atoms with Crippen molar-refractivity contribution >= 4 is 11.6 Å². The third kappa shape index (κ3) is 4.52. The number of benzene rings is 1. The van der Waals surface area contributed by atoms with Crippen molar-refractivity contribution in [3.05, 3.63) is 51.8 Å². The van der Waals surface area contributed by atoms with Gasteiger partial charge in [-0.2, -0.15) is 5.10 Å². The summed E-state index contributed by atoms with van der Waals surface area (Å²) in [7, 11) is 0.